The smallest absolute Gasteiger partial charge is 0.373 e. The minimum atomic E-state index is -0.409. The van der Waals surface area contributed by atoms with Gasteiger partial charge in [-0.3, -0.25) is 14.5 Å². The highest BCUT2D eigenvalue weighted by molar-refractivity contribution is 7.15. The first-order valence-electron chi connectivity index (χ1n) is 8.40. The van der Waals surface area contributed by atoms with Gasteiger partial charge in [-0.1, -0.05) is 0 Å². The van der Waals surface area contributed by atoms with Crippen LogP contribution in [0.5, 0.6) is 5.75 Å². The lowest BCUT2D eigenvalue weighted by Crippen LogP contribution is -1.97. The van der Waals surface area contributed by atoms with Crippen LogP contribution in [0.15, 0.2) is 60.2 Å². The molecule has 8 nitrogen and oxygen atoms in total. The van der Waals surface area contributed by atoms with Crippen LogP contribution in [0.1, 0.15) is 11.1 Å². The van der Waals surface area contributed by atoms with Gasteiger partial charge >= 0.3 is 6.15 Å². The summed E-state index contributed by atoms with van der Waals surface area (Å²) in [4.78, 5) is 32.1. The summed E-state index contributed by atoms with van der Waals surface area (Å²) >= 11 is 1.60. The molecule has 0 N–H and O–H groups in total. The number of non-ortho nitro benzene ring substituents is 1. The van der Waals surface area contributed by atoms with Gasteiger partial charge in [0.2, 0.25) is 0 Å². The lowest BCUT2D eigenvalue weighted by molar-refractivity contribution is -0.384. The molecule has 0 aliphatic carbocycles. The van der Waals surface area contributed by atoms with E-state index in [-0.39, 0.29) is 11.8 Å². The number of aryl methyl sites for hydroxylation is 1. The van der Waals surface area contributed by atoms with Crippen molar-refractivity contribution in [3.8, 4) is 17.0 Å². The second-order valence-electron chi connectivity index (χ2n) is 5.99. The highest BCUT2D eigenvalue weighted by Crippen LogP contribution is 2.27. The summed E-state index contributed by atoms with van der Waals surface area (Å²) in [6, 6.07) is 12.4. The van der Waals surface area contributed by atoms with Gasteiger partial charge < -0.3 is 4.74 Å². The van der Waals surface area contributed by atoms with Crippen LogP contribution in [0.2, 0.25) is 0 Å². The van der Waals surface area contributed by atoms with Crippen molar-refractivity contribution >= 4 is 28.1 Å². The summed E-state index contributed by atoms with van der Waals surface area (Å²) < 4.78 is 7.87. The molecular formula is C20H15N3O5S. The average molecular weight is 409 g/mol. The summed E-state index contributed by atoms with van der Waals surface area (Å²) in [5.41, 5.74) is 3.95. The molecule has 0 amide bonds. The molecule has 9 heteroatoms. The van der Waals surface area contributed by atoms with Crippen LogP contribution in [0.4, 0.5) is 5.69 Å². The molecule has 0 fully saturated rings. The third-order valence-corrected chi connectivity index (χ3v) is 4.88. The first-order valence-corrected chi connectivity index (χ1v) is 9.28. The maximum absolute atomic E-state index is 10.7. The average Bonchev–Trinajstić information content (AvgIpc) is 3.30. The van der Waals surface area contributed by atoms with Gasteiger partial charge in [-0.2, -0.15) is 9.59 Å². The number of benzene rings is 2. The van der Waals surface area contributed by atoms with Crippen molar-refractivity contribution < 1.29 is 19.2 Å². The van der Waals surface area contributed by atoms with Crippen LogP contribution in [-0.2, 0) is 16.2 Å². The number of hydrogen-bond donors (Lipinski definition) is 0. The van der Waals surface area contributed by atoms with Crippen molar-refractivity contribution in [2.45, 2.75) is 13.5 Å². The summed E-state index contributed by atoms with van der Waals surface area (Å²) in [6.07, 6.45) is 4.25. The summed E-state index contributed by atoms with van der Waals surface area (Å²) in [5, 5.41) is 12.7. The number of thiazole rings is 1. The second-order valence-corrected chi connectivity index (χ2v) is 6.87. The van der Waals surface area contributed by atoms with Gasteiger partial charge in [-0.15, -0.1) is 11.3 Å². The van der Waals surface area contributed by atoms with Gasteiger partial charge in [-0.05, 0) is 48.4 Å². The molecule has 0 spiro atoms. The molecule has 4 aromatic rings. The molecule has 0 aliphatic rings. The van der Waals surface area contributed by atoms with E-state index in [1.165, 1.54) is 12.1 Å². The second kappa shape index (κ2) is 8.92. The fraction of sp³-hybridized carbons (Fsp3) is 0.100. The zero-order chi connectivity index (χ0) is 20.8. The van der Waals surface area contributed by atoms with Crippen LogP contribution in [-0.4, -0.2) is 20.5 Å². The van der Waals surface area contributed by atoms with E-state index in [0.29, 0.717) is 6.61 Å². The van der Waals surface area contributed by atoms with Crippen molar-refractivity contribution in [2.24, 2.45) is 0 Å². The number of rotatable bonds is 5. The number of nitro benzene ring substituents is 1. The topological polar surface area (TPSA) is 104 Å². The van der Waals surface area contributed by atoms with Crippen molar-refractivity contribution in [3.05, 3.63) is 81.5 Å². The van der Waals surface area contributed by atoms with Crippen LogP contribution >= 0.6 is 11.3 Å². The van der Waals surface area contributed by atoms with Gasteiger partial charge in [-0.25, -0.2) is 4.98 Å². The molecule has 0 saturated heterocycles. The Morgan fingerprint density at radius 1 is 1.21 bits per heavy atom. The quantitative estimate of drug-likeness (QED) is 0.360. The van der Waals surface area contributed by atoms with Crippen molar-refractivity contribution in [3.63, 3.8) is 0 Å². The van der Waals surface area contributed by atoms with E-state index in [2.05, 4.69) is 11.1 Å². The molecule has 2 aromatic carbocycles. The number of nitrogens with zero attached hydrogens (tertiary/aromatic N) is 3. The Morgan fingerprint density at radius 3 is 2.55 bits per heavy atom. The van der Waals surface area contributed by atoms with Gasteiger partial charge in [0, 0.05) is 35.5 Å². The Hall–Kier alpha value is -3.81. The summed E-state index contributed by atoms with van der Waals surface area (Å²) in [6.45, 7) is 2.35. The summed E-state index contributed by atoms with van der Waals surface area (Å²) in [7, 11) is 0. The Morgan fingerprint density at radius 2 is 1.93 bits per heavy atom. The van der Waals surface area contributed by atoms with E-state index < -0.39 is 4.92 Å². The minimum absolute atomic E-state index is 0.0780. The minimum Gasteiger partial charge on any atom is -0.489 e. The van der Waals surface area contributed by atoms with E-state index in [4.69, 9.17) is 14.3 Å². The zero-order valence-corrected chi connectivity index (χ0v) is 16.1. The summed E-state index contributed by atoms with van der Waals surface area (Å²) in [5.74, 6) is 0.785. The number of ether oxygens (including phenoxy) is 1. The van der Waals surface area contributed by atoms with Gasteiger partial charge in [0.1, 0.15) is 12.4 Å². The maximum atomic E-state index is 10.7. The first-order chi connectivity index (χ1) is 14.0. The Kier molecular flexibility index (Phi) is 6.13. The standard InChI is InChI=1S/C19H15N3O3S.CO2/c1-13-10-15(17-11-21-8-9-26-19(21)20-17)4-7-18(13)25-12-14-2-5-16(6-3-14)22(23)24;2-1-3/h2-11H,12H2,1H3;. The SMILES string of the molecule is Cc1cc(-c2cn3ccsc3n2)ccc1OCc1ccc([N+](=O)[O-])cc1.O=C=O. The fourth-order valence-corrected chi connectivity index (χ4v) is 3.41. The largest absolute Gasteiger partial charge is 0.489 e. The fourth-order valence-electron chi connectivity index (χ4n) is 2.71. The number of fused-ring (bicyclic) bond motifs is 1. The molecule has 0 radical (unpaired) electrons. The zero-order valence-electron chi connectivity index (χ0n) is 15.3. The Balaban J connectivity index is 0.000000755. The molecular weight excluding hydrogens is 394 g/mol. The van der Waals surface area contributed by atoms with Gasteiger partial charge in [0.05, 0.1) is 10.6 Å². The number of carbonyl (C=O) groups excluding carboxylic acids is 2. The van der Waals surface area contributed by atoms with Crippen molar-refractivity contribution in [2.75, 3.05) is 0 Å². The number of aromatic nitrogens is 2. The number of hydrogen-bond acceptors (Lipinski definition) is 7. The maximum Gasteiger partial charge on any atom is 0.373 e. The first kappa shape index (κ1) is 19.9. The molecule has 0 saturated carbocycles. The normalized spacial score (nSPS) is 10.1. The molecule has 0 unspecified atom stereocenters. The van der Waals surface area contributed by atoms with Gasteiger partial charge in [0.25, 0.3) is 5.69 Å². The molecule has 0 aliphatic heterocycles. The van der Waals surface area contributed by atoms with E-state index in [1.54, 1.807) is 23.5 Å². The van der Waals surface area contributed by atoms with Crippen LogP contribution < -0.4 is 4.74 Å². The van der Waals surface area contributed by atoms with Crippen molar-refractivity contribution in [1.82, 2.24) is 9.38 Å². The van der Waals surface area contributed by atoms with Crippen LogP contribution in [0.25, 0.3) is 16.2 Å². The highest BCUT2D eigenvalue weighted by Gasteiger charge is 2.09. The third kappa shape index (κ3) is 4.73. The number of imidazole rings is 1. The van der Waals surface area contributed by atoms with Crippen LogP contribution in [0, 0.1) is 17.0 Å². The molecule has 0 atom stereocenters. The molecule has 146 valence electrons. The molecule has 4 rings (SSSR count). The molecule has 2 heterocycles. The number of nitro groups is 1. The van der Waals surface area contributed by atoms with Crippen molar-refractivity contribution in [1.29, 1.82) is 0 Å². The van der Waals surface area contributed by atoms with Gasteiger partial charge in [0.15, 0.2) is 4.96 Å². The molecule has 29 heavy (non-hydrogen) atoms. The third-order valence-electron chi connectivity index (χ3n) is 4.11. The molecule has 2 aromatic heterocycles. The monoisotopic (exact) mass is 409 g/mol. The Bertz CT molecular complexity index is 1150. The lowest BCUT2D eigenvalue weighted by atomic mass is 10.1. The van der Waals surface area contributed by atoms with E-state index in [9.17, 15) is 10.1 Å². The molecule has 0 bridgehead atoms. The predicted octanol–water partition coefficient (Wildman–Crippen LogP) is 4.27. The lowest BCUT2D eigenvalue weighted by Gasteiger charge is -2.10. The predicted molar refractivity (Wildman–Crippen MR) is 106 cm³/mol. The Labute approximate surface area is 169 Å². The van der Waals surface area contributed by atoms with E-state index >= 15 is 0 Å². The highest BCUT2D eigenvalue weighted by atomic mass is 32.1. The van der Waals surface area contributed by atoms with E-state index in [0.717, 1.165) is 33.1 Å². The van der Waals surface area contributed by atoms with E-state index in [1.807, 2.05) is 41.2 Å². The van der Waals surface area contributed by atoms with Crippen LogP contribution in [0.3, 0.4) is 0 Å².